The Hall–Kier alpha value is -3.40. The zero-order chi connectivity index (χ0) is 19.2. The van der Waals surface area contributed by atoms with Gasteiger partial charge in [0, 0.05) is 12.1 Å². The molecule has 0 aliphatic heterocycles. The molecule has 27 heavy (non-hydrogen) atoms. The van der Waals surface area contributed by atoms with Gasteiger partial charge in [-0.05, 0) is 58.5 Å². The van der Waals surface area contributed by atoms with Gasteiger partial charge in [-0.25, -0.2) is 0 Å². The summed E-state index contributed by atoms with van der Waals surface area (Å²) in [5, 5.41) is 11.0. The van der Waals surface area contributed by atoms with E-state index < -0.39 is 0 Å². The van der Waals surface area contributed by atoms with E-state index in [1.54, 1.807) is 19.2 Å². The third-order valence-corrected chi connectivity index (χ3v) is 4.52. The predicted octanol–water partition coefficient (Wildman–Crippen LogP) is 5.97. The van der Waals surface area contributed by atoms with Crippen LogP contribution >= 0.6 is 0 Å². The second-order valence-electron chi connectivity index (χ2n) is 6.11. The van der Waals surface area contributed by atoms with Crippen molar-refractivity contribution in [3.63, 3.8) is 0 Å². The number of hydrogen-bond acceptors (Lipinski definition) is 3. The Labute approximate surface area is 158 Å². The van der Waals surface area contributed by atoms with Crippen molar-refractivity contribution in [3.05, 3.63) is 106 Å². The van der Waals surface area contributed by atoms with Gasteiger partial charge in [-0.1, -0.05) is 49.4 Å². The van der Waals surface area contributed by atoms with Crippen molar-refractivity contribution in [3.8, 4) is 5.75 Å². The van der Waals surface area contributed by atoms with Crippen molar-refractivity contribution in [2.45, 2.75) is 13.3 Å². The van der Waals surface area contributed by atoms with Crippen LogP contribution in [0, 0.1) is 10.1 Å². The third-order valence-electron chi connectivity index (χ3n) is 4.52. The van der Waals surface area contributed by atoms with E-state index in [-0.39, 0.29) is 10.6 Å². The molecule has 0 atom stereocenters. The fourth-order valence-corrected chi connectivity index (χ4v) is 3.19. The lowest BCUT2D eigenvalue weighted by Crippen LogP contribution is -1.96. The lowest BCUT2D eigenvalue weighted by molar-refractivity contribution is -0.384. The highest BCUT2D eigenvalue weighted by atomic mass is 16.6. The summed E-state index contributed by atoms with van der Waals surface area (Å²) >= 11 is 0. The van der Waals surface area contributed by atoms with Gasteiger partial charge in [0.15, 0.2) is 0 Å². The quantitative estimate of drug-likeness (QED) is 0.309. The van der Waals surface area contributed by atoms with E-state index in [9.17, 15) is 10.1 Å². The third kappa shape index (κ3) is 4.06. The number of nitro benzene ring substituents is 1. The van der Waals surface area contributed by atoms with Crippen molar-refractivity contribution in [1.82, 2.24) is 0 Å². The summed E-state index contributed by atoms with van der Waals surface area (Å²) in [5.41, 5.74) is 5.49. The minimum Gasteiger partial charge on any atom is -0.497 e. The molecule has 0 aromatic heterocycles. The van der Waals surface area contributed by atoms with Crippen LogP contribution in [0.5, 0.6) is 5.75 Å². The second kappa shape index (κ2) is 8.32. The number of non-ortho nitro benzene ring substituents is 1. The lowest BCUT2D eigenvalue weighted by Gasteiger charge is -2.16. The molecule has 0 unspecified atom stereocenters. The van der Waals surface area contributed by atoms with Crippen molar-refractivity contribution in [2.75, 3.05) is 7.11 Å². The molecule has 3 aromatic carbocycles. The number of allylic oxidation sites excluding steroid dienone is 1. The lowest BCUT2D eigenvalue weighted by atomic mass is 9.88. The van der Waals surface area contributed by atoms with E-state index in [1.807, 2.05) is 54.6 Å². The normalized spacial score (nSPS) is 11.6. The SMILES string of the molecule is CC/C(=C(/c1ccc(OC)cc1)c1ccc([N+](=O)[O-])cc1)c1ccccc1. The smallest absolute Gasteiger partial charge is 0.269 e. The summed E-state index contributed by atoms with van der Waals surface area (Å²) in [4.78, 5) is 10.6. The molecule has 3 aromatic rings. The Morgan fingerprint density at radius 2 is 1.41 bits per heavy atom. The van der Waals surface area contributed by atoms with Crippen LogP contribution in [0.3, 0.4) is 0 Å². The number of nitro groups is 1. The molecule has 4 heteroatoms. The van der Waals surface area contributed by atoms with Crippen molar-refractivity contribution in [1.29, 1.82) is 0 Å². The molecule has 3 rings (SSSR count). The maximum atomic E-state index is 11.0. The molecule has 0 saturated heterocycles. The van der Waals surface area contributed by atoms with Gasteiger partial charge in [0.1, 0.15) is 5.75 Å². The summed E-state index contributed by atoms with van der Waals surface area (Å²) in [6, 6.07) is 24.9. The van der Waals surface area contributed by atoms with Crippen LogP contribution in [0.2, 0.25) is 0 Å². The number of methoxy groups -OCH3 is 1. The highest BCUT2D eigenvalue weighted by Gasteiger charge is 2.14. The van der Waals surface area contributed by atoms with Gasteiger partial charge in [-0.2, -0.15) is 0 Å². The van der Waals surface area contributed by atoms with Gasteiger partial charge in [-0.3, -0.25) is 10.1 Å². The first-order valence-electron chi connectivity index (χ1n) is 8.82. The van der Waals surface area contributed by atoms with Gasteiger partial charge >= 0.3 is 0 Å². The van der Waals surface area contributed by atoms with Gasteiger partial charge in [0.05, 0.1) is 12.0 Å². The molecule has 0 aliphatic carbocycles. The van der Waals surface area contributed by atoms with E-state index in [0.717, 1.165) is 34.4 Å². The standard InChI is InChI=1S/C23H21NO3/c1-3-22(17-7-5-4-6-8-17)23(19-11-15-21(27-2)16-12-19)18-9-13-20(14-10-18)24(25)26/h4-16H,3H2,1-2H3/b23-22-. The Balaban J connectivity index is 2.21. The first-order chi connectivity index (χ1) is 13.1. The molecule has 0 fully saturated rings. The maximum absolute atomic E-state index is 11.0. The molecule has 0 spiro atoms. The first kappa shape index (κ1) is 18.4. The highest BCUT2D eigenvalue weighted by Crippen LogP contribution is 2.35. The first-order valence-corrected chi connectivity index (χ1v) is 8.82. The zero-order valence-electron chi connectivity index (χ0n) is 15.4. The monoisotopic (exact) mass is 359 g/mol. The number of hydrogen-bond donors (Lipinski definition) is 0. The Morgan fingerprint density at radius 3 is 1.89 bits per heavy atom. The van der Waals surface area contributed by atoms with E-state index in [4.69, 9.17) is 4.74 Å². The maximum Gasteiger partial charge on any atom is 0.269 e. The van der Waals surface area contributed by atoms with Crippen LogP contribution in [0.25, 0.3) is 11.1 Å². The van der Waals surface area contributed by atoms with E-state index in [0.29, 0.717) is 0 Å². The van der Waals surface area contributed by atoms with Gasteiger partial charge < -0.3 is 4.74 Å². The van der Waals surface area contributed by atoms with Crippen LogP contribution in [-0.2, 0) is 0 Å². The number of ether oxygens (including phenoxy) is 1. The molecule has 0 bridgehead atoms. The summed E-state index contributed by atoms with van der Waals surface area (Å²) in [6.45, 7) is 2.12. The van der Waals surface area contributed by atoms with Gasteiger partial charge in [-0.15, -0.1) is 0 Å². The van der Waals surface area contributed by atoms with Crippen LogP contribution in [0.4, 0.5) is 5.69 Å². The van der Waals surface area contributed by atoms with E-state index in [2.05, 4.69) is 19.1 Å². The molecule has 0 radical (unpaired) electrons. The average molecular weight is 359 g/mol. The van der Waals surface area contributed by atoms with Crippen LogP contribution in [0.15, 0.2) is 78.9 Å². The molecule has 0 N–H and O–H groups in total. The van der Waals surface area contributed by atoms with Crippen LogP contribution < -0.4 is 4.74 Å². The summed E-state index contributed by atoms with van der Waals surface area (Å²) in [5.74, 6) is 0.791. The van der Waals surface area contributed by atoms with Crippen LogP contribution in [-0.4, -0.2) is 12.0 Å². The average Bonchev–Trinajstić information content (AvgIpc) is 2.73. The molecule has 4 nitrogen and oxygen atoms in total. The summed E-state index contributed by atoms with van der Waals surface area (Å²) < 4.78 is 5.28. The van der Waals surface area contributed by atoms with Gasteiger partial charge in [0.25, 0.3) is 5.69 Å². The minimum absolute atomic E-state index is 0.0885. The van der Waals surface area contributed by atoms with Crippen LogP contribution in [0.1, 0.15) is 30.0 Å². The molecule has 136 valence electrons. The molecule has 0 aliphatic rings. The number of rotatable bonds is 6. The highest BCUT2D eigenvalue weighted by molar-refractivity contribution is 5.98. The molecule has 0 amide bonds. The van der Waals surface area contributed by atoms with E-state index in [1.165, 1.54) is 5.57 Å². The second-order valence-corrected chi connectivity index (χ2v) is 6.11. The molecular weight excluding hydrogens is 338 g/mol. The Morgan fingerprint density at radius 1 is 0.852 bits per heavy atom. The molecule has 0 saturated carbocycles. The predicted molar refractivity (Wildman–Crippen MR) is 109 cm³/mol. The molecular formula is C23H21NO3. The zero-order valence-corrected chi connectivity index (χ0v) is 15.4. The number of nitrogens with zero attached hydrogens (tertiary/aromatic N) is 1. The van der Waals surface area contributed by atoms with Crippen molar-refractivity contribution < 1.29 is 9.66 Å². The summed E-state index contributed by atoms with van der Waals surface area (Å²) in [6.07, 6.45) is 0.836. The van der Waals surface area contributed by atoms with Crippen molar-refractivity contribution >= 4 is 16.8 Å². The Kier molecular flexibility index (Phi) is 5.67. The Bertz CT molecular complexity index is 943. The van der Waals surface area contributed by atoms with Gasteiger partial charge in [0.2, 0.25) is 0 Å². The molecule has 0 heterocycles. The fraction of sp³-hybridized carbons (Fsp3) is 0.130. The summed E-state index contributed by atoms with van der Waals surface area (Å²) in [7, 11) is 1.64. The number of benzene rings is 3. The largest absolute Gasteiger partial charge is 0.497 e. The van der Waals surface area contributed by atoms with Crippen molar-refractivity contribution in [2.24, 2.45) is 0 Å². The van der Waals surface area contributed by atoms with E-state index >= 15 is 0 Å². The fourth-order valence-electron chi connectivity index (χ4n) is 3.19. The minimum atomic E-state index is -0.377. The topological polar surface area (TPSA) is 52.4 Å².